The van der Waals surface area contributed by atoms with Crippen molar-refractivity contribution in [3.63, 3.8) is 0 Å². The SMILES string of the molecule is CC(C(=O)O)N(C)C(=O)NC1CCCS(=O)(=O)C1. The molecule has 7 nitrogen and oxygen atoms in total. The van der Waals surface area contributed by atoms with E-state index in [1.807, 2.05) is 0 Å². The van der Waals surface area contributed by atoms with Gasteiger partial charge in [-0.25, -0.2) is 18.0 Å². The molecule has 8 heteroatoms. The molecule has 2 amide bonds. The van der Waals surface area contributed by atoms with Crippen molar-refractivity contribution in [3.05, 3.63) is 0 Å². The molecular weight excluding hydrogens is 260 g/mol. The number of likely N-dealkylation sites (N-methyl/N-ethyl adjacent to an activating group) is 1. The fourth-order valence-electron chi connectivity index (χ4n) is 1.75. The first-order valence-electron chi connectivity index (χ1n) is 5.69. The molecule has 1 aliphatic heterocycles. The molecule has 0 spiro atoms. The Morgan fingerprint density at radius 1 is 1.44 bits per heavy atom. The number of rotatable bonds is 3. The van der Waals surface area contributed by atoms with E-state index in [9.17, 15) is 18.0 Å². The lowest BCUT2D eigenvalue weighted by Crippen LogP contribution is -2.51. The number of urea groups is 1. The molecule has 2 atom stereocenters. The largest absolute Gasteiger partial charge is 0.480 e. The fourth-order valence-corrected chi connectivity index (χ4v) is 3.39. The standard InChI is InChI=1S/C10H18N2O5S/c1-7(9(13)14)12(2)10(15)11-8-4-3-5-18(16,17)6-8/h7-8H,3-6H2,1-2H3,(H,11,15)(H,13,14). The number of amides is 2. The molecule has 0 bridgehead atoms. The van der Waals surface area contributed by atoms with E-state index < -0.39 is 33.9 Å². The van der Waals surface area contributed by atoms with Gasteiger partial charge in [-0.2, -0.15) is 0 Å². The number of carbonyl (C=O) groups is 2. The Hall–Kier alpha value is -1.31. The second-order valence-electron chi connectivity index (χ2n) is 4.53. The molecule has 1 aliphatic rings. The van der Waals surface area contributed by atoms with E-state index in [-0.39, 0.29) is 11.5 Å². The molecular formula is C10H18N2O5S. The van der Waals surface area contributed by atoms with Gasteiger partial charge in [0.1, 0.15) is 6.04 Å². The van der Waals surface area contributed by atoms with Crippen LogP contribution in [0.2, 0.25) is 0 Å². The summed E-state index contributed by atoms with van der Waals surface area (Å²) in [6.45, 7) is 1.39. The highest BCUT2D eigenvalue weighted by molar-refractivity contribution is 7.91. The summed E-state index contributed by atoms with van der Waals surface area (Å²) in [7, 11) is -1.72. The van der Waals surface area contributed by atoms with Crippen LogP contribution in [0.3, 0.4) is 0 Å². The first kappa shape index (κ1) is 14.7. The van der Waals surface area contributed by atoms with Crippen molar-refractivity contribution in [3.8, 4) is 0 Å². The zero-order valence-corrected chi connectivity index (χ0v) is 11.2. The third-order valence-electron chi connectivity index (χ3n) is 3.05. The van der Waals surface area contributed by atoms with Crippen LogP contribution in [-0.4, -0.2) is 61.1 Å². The van der Waals surface area contributed by atoms with Crippen LogP contribution in [0.25, 0.3) is 0 Å². The van der Waals surface area contributed by atoms with Crippen molar-refractivity contribution in [1.29, 1.82) is 0 Å². The van der Waals surface area contributed by atoms with Gasteiger partial charge in [-0.1, -0.05) is 0 Å². The Balaban J connectivity index is 2.57. The number of hydrogen-bond acceptors (Lipinski definition) is 4. The molecule has 0 aliphatic carbocycles. The summed E-state index contributed by atoms with van der Waals surface area (Å²) in [6.07, 6.45) is 1.12. The lowest BCUT2D eigenvalue weighted by Gasteiger charge is -2.27. The lowest BCUT2D eigenvalue weighted by atomic mass is 10.2. The molecule has 2 unspecified atom stereocenters. The van der Waals surface area contributed by atoms with Gasteiger partial charge < -0.3 is 15.3 Å². The molecule has 1 heterocycles. The smallest absolute Gasteiger partial charge is 0.326 e. The van der Waals surface area contributed by atoms with E-state index in [1.165, 1.54) is 14.0 Å². The van der Waals surface area contributed by atoms with E-state index >= 15 is 0 Å². The highest BCUT2D eigenvalue weighted by atomic mass is 32.2. The van der Waals surface area contributed by atoms with E-state index in [4.69, 9.17) is 5.11 Å². The zero-order chi connectivity index (χ0) is 13.9. The van der Waals surface area contributed by atoms with E-state index in [1.54, 1.807) is 0 Å². The summed E-state index contributed by atoms with van der Waals surface area (Å²) in [4.78, 5) is 23.5. The van der Waals surface area contributed by atoms with Crippen molar-refractivity contribution in [1.82, 2.24) is 10.2 Å². The van der Waals surface area contributed by atoms with Gasteiger partial charge >= 0.3 is 12.0 Å². The predicted molar refractivity (Wildman–Crippen MR) is 65.1 cm³/mol. The van der Waals surface area contributed by atoms with Crippen molar-refractivity contribution in [2.45, 2.75) is 31.8 Å². The quantitative estimate of drug-likeness (QED) is 0.736. The van der Waals surface area contributed by atoms with Gasteiger partial charge in [-0.3, -0.25) is 0 Å². The van der Waals surface area contributed by atoms with Crippen molar-refractivity contribution in [2.24, 2.45) is 0 Å². The molecule has 104 valence electrons. The summed E-state index contributed by atoms with van der Waals surface area (Å²) in [5.74, 6) is -1.03. The Morgan fingerprint density at radius 2 is 2.06 bits per heavy atom. The molecule has 18 heavy (non-hydrogen) atoms. The van der Waals surface area contributed by atoms with Crippen LogP contribution in [0.4, 0.5) is 4.79 Å². The van der Waals surface area contributed by atoms with E-state index in [2.05, 4.69) is 5.32 Å². The number of carboxylic acid groups (broad SMARTS) is 1. The van der Waals surface area contributed by atoms with Gasteiger partial charge in [0.15, 0.2) is 9.84 Å². The Kier molecular flexibility index (Phi) is 4.55. The topological polar surface area (TPSA) is 104 Å². The Labute approximate surface area is 106 Å². The minimum Gasteiger partial charge on any atom is -0.480 e. The third kappa shape index (κ3) is 3.86. The van der Waals surface area contributed by atoms with Crippen LogP contribution in [0.15, 0.2) is 0 Å². The first-order chi connectivity index (χ1) is 8.23. The molecule has 1 saturated heterocycles. The predicted octanol–water partition coefficient (Wildman–Crippen LogP) is -0.322. The van der Waals surface area contributed by atoms with Crippen molar-refractivity contribution in [2.75, 3.05) is 18.6 Å². The lowest BCUT2D eigenvalue weighted by molar-refractivity contribution is -0.141. The highest BCUT2D eigenvalue weighted by Crippen LogP contribution is 2.12. The number of hydrogen-bond donors (Lipinski definition) is 2. The molecule has 0 aromatic heterocycles. The first-order valence-corrected chi connectivity index (χ1v) is 7.51. The molecule has 0 aromatic carbocycles. The highest BCUT2D eigenvalue weighted by Gasteiger charge is 2.28. The van der Waals surface area contributed by atoms with Crippen LogP contribution in [0.1, 0.15) is 19.8 Å². The average Bonchev–Trinajstić information content (AvgIpc) is 2.25. The van der Waals surface area contributed by atoms with Gasteiger partial charge in [0.25, 0.3) is 0 Å². The molecule has 0 radical (unpaired) electrons. The van der Waals surface area contributed by atoms with Crippen LogP contribution in [-0.2, 0) is 14.6 Å². The van der Waals surface area contributed by atoms with E-state index in [0.29, 0.717) is 12.8 Å². The molecule has 1 rings (SSSR count). The van der Waals surface area contributed by atoms with Gasteiger partial charge in [0.05, 0.1) is 11.5 Å². The minimum absolute atomic E-state index is 0.0754. The van der Waals surface area contributed by atoms with Gasteiger partial charge in [0.2, 0.25) is 0 Å². The number of nitrogens with one attached hydrogen (secondary N) is 1. The summed E-state index contributed by atoms with van der Waals surface area (Å²) >= 11 is 0. The number of carbonyl (C=O) groups excluding carboxylic acids is 1. The van der Waals surface area contributed by atoms with Gasteiger partial charge in [0, 0.05) is 13.1 Å². The number of sulfone groups is 1. The Morgan fingerprint density at radius 3 is 2.56 bits per heavy atom. The maximum atomic E-state index is 11.7. The summed E-state index contributed by atoms with van der Waals surface area (Å²) in [5.41, 5.74) is 0. The van der Waals surface area contributed by atoms with Crippen LogP contribution in [0.5, 0.6) is 0 Å². The van der Waals surface area contributed by atoms with Gasteiger partial charge in [-0.05, 0) is 19.8 Å². The second-order valence-corrected chi connectivity index (χ2v) is 6.76. The monoisotopic (exact) mass is 278 g/mol. The maximum absolute atomic E-state index is 11.7. The van der Waals surface area contributed by atoms with Crippen molar-refractivity contribution < 1.29 is 23.1 Å². The number of aliphatic carboxylic acids is 1. The molecule has 1 fully saturated rings. The molecule has 0 aromatic rings. The van der Waals surface area contributed by atoms with E-state index in [0.717, 1.165) is 4.90 Å². The van der Waals surface area contributed by atoms with Gasteiger partial charge in [-0.15, -0.1) is 0 Å². The van der Waals surface area contributed by atoms with Crippen molar-refractivity contribution >= 4 is 21.8 Å². The normalized spacial score (nSPS) is 24.0. The van der Waals surface area contributed by atoms with Crippen LogP contribution in [0, 0.1) is 0 Å². The molecule has 2 N–H and O–H groups in total. The zero-order valence-electron chi connectivity index (χ0n) is 10.4. The summed E-state index contributed by atoms with van der Waals surface area (Å²) < 4.78 is 22.8. The number of nitrogens with zero attached hydrogens (tertiary/aromatic N) is 1. The summed E-state index contributed by atoms with van der Waals surface area (Å²) in [5, 5.41) is 11.3. The van der Waals surface area contributed by atoms with Crippen LogP contribution >= 0.6 is 0 Å². The minimum atomic E-state index is -3.09. The fraction of sp³-hybridized carbons (Fsp3) is 0.800. The van der Waals surface area contributed by atoms with Crippen LogP contribution < -0.4 is 5.32 Å². The number of carboxylic acids is 1. The molecule has 0 saturated carbocycles. The second kappa shape index (κ2) is 5.55. The maximum Gasteiger partial charge on any atom is 0.326 e. The Bertz CT molecular complexity index is 434. The average molecular weight is 278 g/mol. The third-order valence-corrected chi connectivity index (χ3v) is 4.87. The summed E-state index contributed by atoms with van der Waals surface area (Å²) in [6, 6.07) is -1.95.